The van der Waals surface area contributed by atoms with E-state index < -0.39 is 5.60 Å². The van der Waals surface area contributed by atoms with Crippen molar-refractivity contribution >= 4 is 30.4 Å². The Bertz CT molecular complexity index is 215. The Balaban J connectivity index is 0.00000144. The summed E-state index contributed by atoms with van der Waals surface area (Å²) in [6, 6.07) is 0. The van der Waals surface area contributed by atoms with E-state index in [0.717, 1.165) is 0 Å². The van der Waals surface area contributed by atoms with Crippen LogP contribution in [0.4, 0.5) is 4.79 Å². The maximum atomic E-state index is 11.2. The van der Waals surface area contributed by atoms with Gasteiger partial charge in [0.2, 0.25) is 0 Å². The number of hydrogen-bond acceptors (Lipinski definition) is 4. The van der Waals surface area contributed by atoms with E-state index in [2.05, 4.69) is 4.83 Å². The van der Waals surface area contributed by atoms with Gasteiger partial charge < -0.3 is 4.74 Å². The minimum absolute atomic E-state index is 0. The van der Waals surface area contributed by atoms with Gasteiger partial charge in [0, 0.05) is 11.6 Å². The van der Waals surface area contributed by atoms with Crippen molar-refractivity contribution in [2.75, 3.05) is 0 Å². The van der Waals surface area contributed by atoms with Crippen LogP contribution in [0.1, 0.15) is 20.8 Å². The van der Waals surface area contributed by atoms with Gasteiger partial charge in [-0.15, -0.1) is 12.4 Å². The first-order chi connectivity index (χ1) is 5.49. The summed E-state index contributed by atoms with van der Waals surface area (Å²) >= 11 is 1.33. The third-order valence-electron chi connectivity index (χ3n) is 1.02. The molecule has 0 bridgehead atoms. The highest BCUT2D eigenvalue weighted by Crippen LogP contribution is 2.13. The molecular formula is C7H13ClN2O2S. The predicted molar refractivity (Wildman–Crippen MR) is 55.2 cm³/mol. The van der Waals surface area contributed by atoms with Gasteiger partial charge in [-0.05, 0) is 32.7 Å². The average Bonchev–Trinajstić information content (AvgIpc) is 2.32. The van der Waals surface area contributed by atoms with E-state index in [4.69, 9.17) is 4.74 Å². The highest BCUT2D eigenvalue weighted by molar-refractivity contribution is 8.00. The molecule has 1 heterocycles. The molecule has 1 N–H and O–H groups in total. The van der Waals surface area contributed by atoms with Crippen LogP contribution in [0.25, 0.3) is 0 Å². The Labute approximate surface area is 88.2 Å². The molecule has 1 aliphatic rings. The zero-order valence-corrected chi connectivity index (χ0v) is 9.37. The summed E-state index contributed by atoms with van der Waals surface area (Å²) in [5, 5.41) is 3.07. The number of hydrazine groups is 1. The van der Waals surface area contributed by atoms with Crippen molar-refractivity contribution in [2.24, 2.45) is 0 Å². The molecule has 0 aromatic carbocycles. The van der Waals surface area contributed by atoms with Crippen LogP contribution < -0.4 is 4.83 Å². The van der Waals surface area contributed by atoms with Gasteiger partial charge in [0.15, 0.2) is 0 Å². The standard InChI is InChI=1S/C7H12N2O2S.ClH/c1-7(2,3)11-6(10)9-4-5-12-8-9;/h4-5,8H,1-3H3;1H. The van der Waals surface area contributed by atoms with Crippen molar-refractivity contribution in [2.45, 2.75) is 26.4 Å². The first-order valence-electron chi connectivity index (χ1n) is 3.59. The van der Waals surface area contributed by atoms with E-state index in [9.17, 15) is 4.79 Å². The lowest BCUT2D eigenvalue weighted by molar-refractivity contribution is 0.0312. The van der Waals surface area contributed by atoms with Crippen LogP contribution in [-0.4, -0.2) is 16.7 Å². The molecule has 0 spiro atoms. The molecule has 76 valence electrons. The Kier molecular flexibility index (Phi) is 4.60. The lowest BCUT2D eigenvalue weighted by Crippen LogP contribution is -2.36. The fraction of sp³-hybridized carbons (Fsp3) is 0.571. The molecule has 0 radical (unpaired) electrons. The number of carbonyl (C=O) groups excluding carboxylic acids is 1. The summed E-state index contributed by atoms with van der Waals surface area (Å²) in [6.45, 7) is 5.49. The second kappa shape index (κ2) is 4.74. The monoisotopic (exact) mass is 224 g/mol. The van der Waals surface area contributed by atoms with E-state index in [1.165, 1.54) is 17.0 Å². The molecule has 13 heavy (non-hydrogen) atoms. The third kappa shape index (κ3) is 4.40. The van der Waals surface area contributed by atoms with E-state index in [-0.39, 0.29) is 18.5 Å². The third-order valence-corrected chi connectivity index (χ3v) is 1.58. The summed E-state index contributed by atoms with van der Waals surface area (Å²) in [4.78, 5) is 14.0. The smallest absolute Gasteiger partial charge is 0.429 e. The average molecular weight is 225 g/mol. The summed E-state index contributed by atoms with van der Waals surface area (Å²) in [7, 11) is 0. The van der Waals surface area contributed by atoms with Crippen molar-refractivity contribution in [3.05, 3.63) is 11.6 Å². The first kappa shape index (κ1) is 12.6. The van der Waals surface area contributed by atoms with Gasteiger partial charge in [0.25, 0.3) is 0 Å². The SMILES string of the molecule is CC(C)(C)OC(=O)N1C=CSN1.Cl. The van der Waals surface area contributed by atoms with Gasteiger partial charge in [0.05, 0.1) is 0 Å². The minimum atomic E-state index is -0.445. The number of rotatable bonds is 0. The number of nitrogens with one attached hydrogen (secondary N) is 1. The van der Waals surface area contributed by atoms with Crippen LogP contribution in [0.15, 0.2) is 11.6 Å². The van der Waals surface area contributed by atoms with Crippen molar-refractivity contribution < 1.29 is 9.53 Å². The van der Waals surface area contributed by atoms with Crippen molar-refractivity contribution in [3.63, 3.8) is 0 Å². The molecule has 0 saturated carbocycles. The number of ether oxygens (including phenoxy) is 1. The van der Waals surface area contributed by atoms with Crippen LogP contribution in [0, 0.1) is 0 Å². The highest BCUT2D eigenvalue weighted by atomic mass is 35.5. The molecule has 0 aliphatic carbocycles. The first-order valence-corrected chi connectivity index (χ1v) is 4.47. The number of amides is 1. The van der Waals surface area contributed by atoms with Crippen LogP contribution in [0.5, 0.6) is 0 Å². The van der Waals surface area contributed by atoms with Gasteiger partial charge in [-0.1, -0.05) is 0 Å². The largest absolute Gasteiger partial charge is 0.442 e. The van der Waals surface area contributed by atoms with Crippen molar-refractivity contribution in [3.8, 4) is 0 Å². The van der Waals surface area contributed by atoms with Crippen LogP contribution in [0.2, 0.25) is 0 Å². The molecule has 0 aromatic rings. The number of nitrogens with zero attached hydrogens (tertiary/aromatic N) is 1. The normalized spacial score (nSPS) is 15.5. The maximum Gasteiger partial charge on any atom is 0.429 e. The molecule has 0 fully saturated rings. The topological polar surface area (TPSA) is 41.6 Å². The second-order valence-electron chi connectivity index (χ2n) is 3.34. The number of halogens is 1. The zero-order valence-electron chi connectivity index (χ0n) is 7.73. The molecule has 1 rings (SSSR count). The van der Waals surface area contributed by atoms with E-state index in [0.29, 0.717) is 0 Å². The van der Waals surface area contributed by atoms with Crippen LogP contribution in [0.3, 0.4) is 0 Å². The molecule has 0 atom stereocenters. The summed E-state index contributed by atoms with van der Waals surface area (Å²) in [6.07, 6.45) is 1.24. The van der Waals surface area contributed by atoms with Gasteiger partial charge in [-0.25, -0.2) is 9.80 Å². The molecule has 0 unspecified atom stereocenters. The Morgan fingerprint density at radius 1 is 1.54 bits per heavy atom. The van der Waals surface area contributed by atoms with Gasteiger partial charge in [-0.2, -0.15) is 4.83 Å². The fourth-order valence-corrected chi connectivity index (χ4v) is 1.11. The van der Waals surface area contributed by atoms with Crippen LogP contribution in [-0.2, 0) is 4.74 Å². The summed E-state index contributed by atoms with van der Waals surface area (Å²) in [5.74, 6) is 0. The van der Waals surface area contributed by atoms with Crippen molar-refractivity contribution in [1.29, 1.82) is 0 Å². The van der Waals surface area contributed by atoms with Crippen LogP contribution >= 0.6 is 24.4 Å². The van der Waals surface area contributed by atoms with E-state index >= 15 is 0 Å². The summed E-state index contributed by atoms with van der Waals surface area (Å²) in [5.41, 5.74) is -0.445. The van der Waals surface area contributed by atoms with Gasteiger partial charge in [0.1, 0.15) is 5.60 Å². The fourth-order valence-electron chi connectivity index (χ4n) is 0.618. The van der Waals surface area contributed by atoms with E-state index in [1.54, 1.807) is 11.6 Å². The second-order valence-corrected chi connectivity index (χ2v) is 4.04. The number of hydrogen-bond donors (Lipinski definition) is 1. The summed E-state index contributed by atoms with van der Waals surface area (Å²) < 4.78 is 5.08. The molecule has 1 aliphatic heterocycles. The number of carbonyl (C=O) groups is 1. The molecule has 1 amide bonds. The minimum Gasteiger partial charge on any atom is -0.442 e. The molecule has 4 nitrogen and oxygen atoms in total. The highest BCUT2D eigenvalue weighted by Gasteiger charge is 2.21. The predicted octanol–water partition coefficient (Wildman–Crippen LogP) is 2.28. The van der Waals surface area contributed by atoms with E-state index in [1.807, 2.05) is 20.8 Å². The maximum absolute atomic E-state index is 11.2. The zero-order chi connectivity index (χ0) is 9.19. The van der Waals surface area contributed by atoms with Gasteiger partial charge >= 0.3 is 6.09 Å². The van der Waals surface area contributed by atoms with Crippen molar-refractivity contribution in [1.82, 2.24) is 9.84 Å². The molecule has 6 heteroatoms. The van der Waals surface area contributed by atoms with Gasteiger partial charge in [-0.3, -0.25) is 0 Å². The molecular weight excluding hydrogens is 212 g/mol. The lowest BCUT2D eigenvalue weighted by atomic mass is 10.2. The Morgan fingerprint density at radius 2 is 2.15 bits per heavy atom. The lowest BCUT2D eigenvalue weighted by Gasteiger charge is -2.22. The Morgan fingerprint density at radius 3 is 2.54 bits per heavy atom. The molecule has 0 saturated heterocycles. The quantitative estimate of drug-likeness (QED) is 0.641. The molecule has 0 aromatic heterocycles. The Hall–Kier alpha value is -0.390.